The Morgan fingerprint density at radius 3 is 2.46 bits per heavy atom. The van der Waals surface area contributed by atoms with Crippen LogP contribution in [0.1, 0.15) is 42.4 Å². The van der Waals surface area contributed by atoms with Crippen molar-refractivity contribution in [3.63, 3.8) is 0 Å². The molecule has 3 aliphatic heterocycles. The second-order valence-electron chi connectivity index (χ2n) is 11.7. The minimum absolute atomic E-state index is 0.0414. The van der Waals surface area contributed by atoms with Crippen LogP contribution in [-0.2, 0) is 31.3 Å². The average Bonchev–Trinajstić information content (AvgIpc) is 3.63. The van der Waals surface area contributed by atoms with Gasteiger partial charge < -0.3 is 28.7 Å². The maximum absolute atomic E-state index is 13.5. The molecular formula is C32H32N4O5. The standard InChI is InChI=1S/C32H32N4O5/c1-16(31(38)40-5)34(3)22-14-23-35-20-12-8-6-10-17(20)25-26-19(15-33-30(26)37)24-18-11-7-9-13-21(18)36(28(24)27(25)35)32(2,41-23)29(22)39-4/h6-13,16,22-23,29H,14-15H2,1-5H3,(H,33,37)/t16?,22-,23-,29-,32+/m1/s1. The first-order valence-corrected chi connectivity index (χ1v) is 14.1. The highest BCUT2D eigenvalue weighted by atomic mass is 16.6. The largest absolute Gasteiger partial charge is 0.468 e. The fourth-order valence-corrected chi connectivity index (χ4v) is 8.03. The Labute approximate surface area is 236 Å². The van der Waals surface area contributed by atoms with Gasteiger partial charge in [-0.2, -0.15) is 0 Å². The number of hydrogen-bond acceptors (Lipinski definition) is 6. The number of para-hydroxylation sites is 2. The molecule has 5 heterocycles. The number of carbonyl (C=O) groups excluding carboxylic acids is 2. The van der Waals surface area contributed by atoms with E-state index in [9.17, 15) is 9.59 Å². The van der Waals surface area contributed by atoms with E-state index in [0.717, 1.165) is 54.7 Å². The van der Waals surface area contributed by atoms with E-state index in [0.29, 0.717) is 13.0 Å². The number of ether oxygens (including phenoxy) is 3. The fraction of sp³-hybridized carbons (Fsp3) is 0.375. The highest BCUT2D eigenvalue weighted by Gasteiger charge is 2.55. The van der Waals surface area contributed by atoms with Gasteiger partial charge in [-0.1, -0.05) is 36.4 Å². The third-order valence-electron chi connectivity index (χ3n) is 9.87. The lowest BCUT2D eigenvalue weighted by Crippen LogP contribution is -2.62. The van der Waals surface area contributed by atoms with Gasteiger partial charge in [-0.15, -0.1) is 0 Å². The van der Waals surface area contributed by atoms with Crippen LogP contribution in [0.15, 0.2) is 48.5 Å². The molecule has 9 heteroatoms. The molecule has 3 aromatic carbocycles. The summed E-state index contributed by atoms with van der Waals surface area (Å²) in [4.78, 5) is 28.2. The van der Waals surface area contributed by atoms with Crippen molar-refractivity contribution in [2.75, 3.05) is 21.3 Å². The Kier molecular flexibility index (Phi) is 5.04. The zero-order valence-corrected chi connectivity index (χ0v) is 23.7. The molecule has 0 spiro atoms. The first-order chi connectivity index (χ1) is 19.8. The Hall–Kier alpha value is -3.92. The van der Waals surface area contributed by atoms with E-state index in [2.05, 4.69) is 50.5 Å². The molecule has 3 aliphatic rings. The smallest absolute Gasteiger partial charge is 0.322 e. The molecule has 210 valence electrons. The van der Waals surface area contributed by atoms with Crippen LogP contribution in [0, 0.1) is 0 Å². The van der Waals surface area contributed by atoms with E-state index >= 15 is 0 Å². The number of benzene rings is 3. The number of fused-ring (bicyclic) bond motifs is 13. The second-order valence-corrected chi connectivity index (χ2v) is 11.7. The second kappa shape index (κ2) is 8.31. The third kappa shape index (κ3) is 2.91. The summed E-state index contributed by atoms with van der Waals surface area (Å²) in [6.07, 6.45) is -0.225. The molecule has 9 nitrogen and oxygen atoms in total. The number of carbonyl (C=O) groups is 2. The quantitative estimate of drug-likeness (QED) is 0.327. The number of hydrogen-bond donors (Lipinski definition) is 1. The lowest BCUT2D eigenvalue weighted by molar-refractivity contribution is -0.269. The molecule has 1 amide bonds. The minimum atomic E-state index is -0.939. The number of methoxy groups -OCH3 is 2. The third-order valence-corrected chi connectivity index (χ3v) is 9.87. The van der Waals surface area contributed by atoms with Crippen LogP contribution in [-0.4, -0.2) is 65.4 Å². The van der Waals surface area contributed by atoms with Crippen LogP contribution in [0.2, 0.25) is 0 Å². The summed E-state index contributed by atoms with van der Waals surface area (Å²) >= 11 is 0. The van der Waals surface area contributed by atoms with Crippen molar-refractivity contribution in [2.24, 2.45) is 0 Å². The Bertz CT molecular complexity index is 1960. The molecule has 41 heavy (non-hydrogen) atoms. The minimum Gasteiger partial charge on any atom is -0.468 e. The molecule has 1 fully saturated rings. The summed E-state index contributed by atoms with van der Waals surface area (Å²) in [5, 5.41) is 7.26. The molecule has 5 aromatic rings. The number of aromatic nitrogens is 2. The predicted octanol–water partition coefficient (Wildman–Crippen LogP) is 4.63. The highest BCUT2D eigenvalue weighted by molar-refractivity contribution is 6.31. The van der Waals surface area contributed by atoms with Crippen molar-refractivity contribution in [1.29, 1.82) is 0 Å². The van der Waals surface area contributed by atoms with Crippen LogP contribution in [0.5, 0.6) is 0 Å². The Balaban J connectivity index is 1.56. The van der Waals surface area contributed by atoms with Gasteiger partial charge in [0, 0.05) is 47.7 Å². The van der Waals surface area contributed by atoms with Crippen molar-refractivity contribution >= 4 is 55.5 Å². The van der Waals surface area contributed by atoms with Crippen molar-refractivity contribution in [3.8, 4) is 0 Å². The molecular weight excluding hydrogens is 520 g/mol. The van der Waals surface area contributed by atoms with Crippen LogP contribution < -0.4 is 5.32 Å². The van der Waals surface area contributed by atoms with E-state index in [-0.39, 0.29) is 24.1 Å². The Morgan fingerprint density at radius 1 is 1.07 bits per heavy atom. The van der Waals surface area contributed by atoms with Crippen molar-refractivity contribution in [2.45, 2.75) is 57.0 Å². The van der Waals surface area contributed by atoms with Gasteiger partial charge >= 0.3 is 5.97 Å². The molecule has 8 rings (SSSR count). The molecule has 5 atom stereocenters. The highest BCUT2D eigenvalue weighted by Crippen LogP contribution is 2.54. The number of amides is 1. The molecule has 1 N–H and O–H groups in total. The zero-order chi connectivity index (χ0) is 28.4. The van der Waals surface area contributed by atoms with Gasteiger partial charge in [0.1, 0.15) is 18.4 Å². The van der Waals surface area contributed by atoms with Gasteiger partial charge in [-0.3, -0.25) is 14.5 Å². The monoisotopic (exact) mass is 552 g/mol. The van der Waals surface area contributed by atoms with Gasteiger partial charge in [-0.25, -0.2) is 0 Å². The SMILES string of the molecule is COC(=O)C(C)N(C)[C@@H]1C[C@H]2O[C@@](C)([C@@H]1OC)n1c3ccccc3c3c4c(c5c6ccccc6n2c5c31)C(=O)NC4. The van der Waals surface area contributed by atoms with Crippen molar-refractivity contribution in [3.05, 3.63) is 59.7 Å². The molecule has 1 saturated heterocycles. The van der Waals surface area contributed by atoms with E-state index in [1.165, 1.54) is 7.11 Å². The summed E-state index contributed by atoms with van der Waals surface area (Å²) in [7, 11) is 5.09. The molecule has 2 bridgehead atoms. The van der Waals surface area contributed by atoms with Gasteiger partial charge in [0.15, 0.2) is 5.72 Å². The number of nitrogens with zero attached hydrogens (tertiary/aromatic N) is 3. The number of likely N-dealkylation sites (N-methyl/N-ethyl adjacent to an activating group) is 1. The maximum Gasteiger partial charge on any atom is 0.322 e. The van der Waals surface area contributed by atoms with E-state index in [1.807, 2.05) is 38.2 Å². The number of nitrogens with one attached hydrogen (secondary N) is 1. The topological polar surface area (TPSA) is 87.0 Å². The first kappa shape index (κ1) is 24.8. The molecule has 0 aliphatic carbocycles. The average molecular weight is 553 g/mol. The summed E-state index contributed by atoms with van der Waals surface area (Å²) in [6.45, 7) is 4.44. The zero-order valence-electron chi connectivity index (χ0n) is 23.7. The number of rotatable bonds is 4. The van der Waals surface area contributed by atoms with Crippen LogP contribution >= 0.6 is 0 Å². The number of esters is 1. The van der Waals surface area contributed by atoms with Crippen LogP contribution in [0.3, 0.4) is 0 Å². The molecule has 0 saturated carbocycles. The normalized spacial score (nSPS) is 25.8. The first-order valence-electron chi connectivity index (χ1n) is 14.1. The van der Waals surface area contributed by atoms with Crippen molar-refractivity contribution in [1.82, 2.24) is 19.4 Å². The van der Waals surface area contributed by atoms with Crippen molar-refractivity contribution < 1.29 is 23.8 Å². The lowest BCUT2D eigenvalue weighted by Gasteiger charge is -2.51. The summed E-state index contributed by atoms with van der Waals surface area (Å²) in [5.74, 6) is -0.337. The van der Waals surface area contributed by atoms with Gasteiger partial charge in [0.25, 0.3) is 5.91 Å². The van der Waals surface area contributed by atoms with E-state index in [4.69, 9.17) is 14.2 Å². The van der Waals surface area contributed by atoms with Gasteiger partial charge in [-0.05, 0) is 38.6 Å². The van der Waals surface area contributed by atoms with E-state index in [1.54, 1.807) is 7.11 Å². The Morgan fingerprint density at radius 2 is 1.76 bits per heavy atom. The summed E-state index contributed by atoms with van der Waals surface area (Å²) < 4.78 is 23.2. The van der Waals surface area contributed by atoms with Gasteiger partial charge in [0.2, 0.25) is 0 Å². The van der Waals surface area contributed by atoms with Crippen LogP contribution in [0.25, 0.3) is 43.6 Å². The molecule has 0 radical (unpaired) electrons. The van der Waals surface area contributed by atoms with E-state index < -0.39 is 17.9 Å². The van der Waals surface area contributed by atoms with Gasteiger partial charge in [0.05, 0.1) is 34.7 Å². The summed E-state index contributed by atoms with van der Waals surface area (Å²) in [5.41, 5.74) is 4.92. The fourth-order valence-electron chi connectivity index (χ4n) is 8.03. The maximum atomic E-state index is 13.5. The van der Waals surface area contributed by atoms with Crippen LogP contribution in [0.4, 0.5) is 0 Å². The lowest BCUT2D eigenvalue weighted by atomic mass is 9.91. The molecule has 1 unspecified atom stereocenters. The summed E-state index contributed by atoms with van der Waals surface area (Å²) in [6, 6.07) is 15.9. The molecule has 2 aromatic heterocycles. The predicted molar refractivity (Wildman–Crippen MR) is 156 cm³/mol.